The number of hydrogen-bond donors (Lipinski definition) is 1. The van der Waals surface area contributed by atoms with Crippen molar-refractivity contribution in [2.24, 2.45) is 5.73 Å². The van der Waals surface area contributed by atoms with Crippen molar-refractivity contribution in [3.63, 3.8) is 0 Å². The molecule has 1 aromatic carbocycles. The molecular weight excluding hydrogens is 212 g/mol. The second-order valence-electron chi connectivity index (χ2n) is 4.54. The molecule has 0 aliphatic heterocycles. The third kappa shape index (κ3) is 2.28. The zero-order valence-electron chi connectivity index (χ0n) is 10.4. The average Bonchev–Trinajstić information content (AvgIpc) is 2.19. The van der Waals surface area contributed by atoms with Crippen LogP contribution in [0.5, 0.6) is 0 Å². The van der Waals surface area contributed by atoms with Gasteiger partial charge in [-0.05, 0) is 44.0 Å². The molecule has 1 heterocycles. The number of rotatable bonds is 2. The molecule has 1 aromatic heterocycles. The lowest BCUT2D eigenvalue weighted by atomic mass is 10.00. The van der Waals surface area contributed by atoms with Crippen molar-refractivity contribution in [3.8, 4) is 0 Å². The molecule has 2 rings (SSSR count). The summed E-state index contributed by atoms with van der Waals surface area (Å²) < 4.78 is 0. The van der Waals surface area contributed by atoms with Gasteiger partial charge in [-0.1, -0.05) is 11.6 Å². The van der Waals surface area contributed by atoms with Gasteiger partial charge in [-0.25, -0.2) is 0 Å². The first kappa shape index (κ1) is 11.6. The Labute approximate surface area is 101 Å². The monoisotopic (exact) mass is 228 g/mol. The van der Waals surface area contributed by atoms with Gasteiger partial charge in [-0.3, -0.25) is 9.78 Å². The van der Waals surface area contributed by atoms with Crippen molar-refractivity contribution < 1.29 is 4.79 Å². The predicted octanol–water partition coefficient (Wildman–Crippen LogP) is 2.19. The van der Waals surface area contributed by atoms with E-state index in [1.807, 2.05) is 26.8 Å². The van der Waals surface area contributed by atoms with Gasteiger partial charge in [0.2, 0.25) is 5.91 Å². The van der Waals surface area contributed by atoms with Crippen LogP contribution < -0.4 is 5.73 Å². The first-order valence-electron chi connectivity index (χ1n) is 5.63. The molecule has 0 saturated carbocycles. The molecule has 3 heteroatoms. The Morgan fingerprint density at radius 2 is 1.94 bits per heavy atom. The van der Waals surface area contributed by atoms with E-state index < -0.39 is 0 Å². The Kier molecular flexibility index (Phi) is 2.84. The van der Waals surface area contributed by atoms with E-state index in [9.17, 15) is 4.79 Å². The Morgan fingerprint density at radius 3 is 2.59 bits per heavy atom. The van der Waals surface area contributed by atoms with Crippen LogP contribution in [0.1, 0.15) is 22.4 Å². The highest BCUT2D eigenvalue weighted by Crippen LogP contribution is 2.23. The fourth-order valence-electron chi connectivity index (χ4n) is 2.23. The molecule has 0 radical (unpaired) electrons. The fourth-order valence-corrected chi connectivity index (χ4v) is 2.23. The van der Waals surface area contributed by atoms with Gasteiger partial charge < -0.3 is 5.73 Å². The van der Waals surface area contributed by atoms with Crippen molar-refractivity contribution in [1.29, 1.82) is 0 Å². The molecule has 0 bridgehead atoms. The zero-order chi connectivity index (χ0) is 12.6. The van der Waals surface area contributed by atoms with Gasteiger partial charge in [-0.15, -0.1) is 0 Å². The first-order chi connectivity index (χ1) is 7.97. The maximum atomic E-state index is 11.1. The molecule has 1 amide bonds. The smallest absolute Gasteiger partial charge is 0.221 e. The third-order valence-electron chi connectivity index (χ3n) is 2.83. The maximum absolute atomic E-state index is 11.1. The molecule has 17 heavy (non-hydrogen) atoms. The van der Waals surface area contributed by atoms with Crippen molar-refractivity contribution >= 4 is 16.8 Å². The summed E-state index contributed by atoms with van der Waals surface area (Å²) in [4.78, 5) is 15.6. The summed E-state index contributed by atoms with van der Waals surface area (Å²) in [6, 6.07) is 6.10. The molecule has 3 nitrogen and oxygen atoms in total. The number of nitrogens with zero attached hydrogens (tertiary/aromatic N) is 1. The number of hydrogen-bond acceptors (Lipinski definition) is 2. The van der Waals surface area contributed by atoms with Crippen molar-refractivity contribution in [2.75, 3.05) is 0 Å². The Morgan fingerprint density at radius 1 is 1.24 bits per heavy atom. The summed E-state index contributed by atoms with van der Waals surface area (Å²) in [5.41, 5.74) is 10.4. The van der Waals surface area contributed by atoms with E-state index in [2.05, 4.69) is 17.1 Å². The van der Waals surface area contributed by atoms with Gasteiger partial charge in [-0.2, -0.15) is 0 Å². The number of fused-ring (bicyclic) bond motifs is 1. The van der Waals surface area contributed by atoms with Crippen molar-refractivity contribution in [3.05, 3.63) is 40.6 Å². The van der Waals surface area contributed by atoms with Gasteiger partial charge in [0.25, 0.3) is 0 Å². The molecule has 0 saturated heterocycles. The number of carbonyl (C=O) groups is 1. The Balaban J connectivity index is 2.77. The van der Waals surface area contributed by atoms with Gasteiger partial charge in [0.15, 0.2) is 0 Å². The van der Waals surface area contributed by atoms with Crippen LogP contribution in [0.15, 0.2) is 18.2 Å². The van der Waals surface area contributed by atoms with E-state index in [0.29, 0.717) is 0 Å². The topological polar surface area (TPSA) is 56.0 Å². The fraction of sp³-hybridized carbons (Fsp3) is 0.286. The number of amides is 1. The zero-order valence-corrected chi connectivity index (χ0v) is 10.4. The SMILES string of the molecule is Cc1cc(C)c2nc(C)cc(CC(N)=O)c2c1. The van der Waals surface area contributed by atoms with E-state index in [-0.39, 0.29) is 12.3 Å². The van der Waals surface area contributed by atoms with Crippen molar-refractivity contribution in [2.45, 2.75) is 27.2 Å². The molecule has 0 atom stereocenters. The molecule has 88 valence electrons. The maximum Gasteiger partial charge on any atom is 0.221 e. The van der Waals surface area contributed by atoms with Crippen LogP contribution in [0, 0.1) is 20.8 Å². The second-order valence-corrected chi connectivity index (χ2v) is 4.54. The van der Waals surface area contributed by atoms with Gasteiger partial charge in [0.05, 0.1) is 11.9 Å². The number of nitrogens with two attached hydrogens (primary N) is 1. The van der Waals surface area contributed by atoms with E-state index in [1.54, 1.807) is 0 Å². The molecule has 0 fully saturated rings. The number of pyridine rings is 1. The number of carbonyl (C=O) groups excluding carboxylic acids is 1. The van der Waals surface area contributed by atoms with Crippen molar-refractivity contribution in [1.82, 2.24) is 4.98 Å². The molecule has 0 aliphatic carbocycles. The van der Waals surface area contributed by atoms with Gasteiger partial charge >= 0.3 is 0 Å². The highest BCUT2D eigenvalue weighted by atomic mass is 16.1. The summed E-state index contributed by atoms with van der Waals surface area (Å²) in [5.74, 6) is -0.309. The van der Waals surface area contributed by atoms with Gasteiger partial charge in [0, 0.05) is 11.1 Å². The summed E-state index contributed by atoms with van der Waals surface area (Å²) in [6.45, 7) is 6.01. The van der Waals surface area contributed by atoms with Gasteiger partial charge in [0.1, 0.15) is 0 Å². The normalized spacial score (nSPS) is 10.8. The first-order valence-corrected chi connectivity index (χ1v) is 5.63. The van der Waals surface area contributed by atoms with E-state index >= 15 is 0 Å². The number of benzene rings is 1. The second kappa shape index (κ2) is 4.17. The van der Waals surface area contributed by atoms with Crippen LogP contribution >= 0.6 is 0 Å². The molecule has 2 aromatic rings. The highest BCUT2D eigenvalue weighted by Gasteiger charge is 2.09. The van der Waals surface area contributed by atoms with Crippen LogP contribution in [0.4, 0.5) is 0 Å². The largest absolute Gasteiger partial charge is 0.369 e. The van der Waals surface area contributed by atoms with Crippen LogP contribution in [-0.4, -0.2) is 10.9 Å². The van der Waals surface area contributed by atoms with Crippen LogP contribution in [0.25, 0.3) is 10.9 Å². The molecule has 0 unspecified atom stereocenters. The minimum absolute atomic E-state index is 0.267. The Hall–Kier alpha value is -1.90. The lowest BCUT2D eigenvalue weighted by Gasteiger charge is -2.09. The highest BCUT2D eigenvalue weighted by molar-refractivity contribution is 5.89. The number of aromatic nitrogens is 1. The summed E-state index contributed by atoms with van der Waals surface area (Å²) >= 11 is 0. The predicted molar refractivity (Wildman–Crippen MR) is 68.9 cm³/mol. The summed E-state index contributed by atoms with van der Waals surface area (Å²) in [5, 5.41) is 1.03. The molecular formula is C14H16N2O. The number of primary amides is 1. The lowest BCUT2D eigenvalue weighted by molar-refractivity contribution is -0.117. The number of aryl methyl sites for hydroxylation is 3. The minimum Gasteiger partial charge on any atom is -0.369 e. The average molecular weight is 228 g/mol. The lowest BCUT2D eigenvalue weighted by Crippen LogP contribution is -2.14. The molecule has 0 spiro atoms. The summed E-state index contributed by atoms with van der Waals surface area (Å²) in [6.07, 6.45) is 0.267. The Bertz CT molecular complexity index is 603. The van der Waals surface area contributed by atoms with E-state index in [4.69, 9.17) is 5.73 Å². The minimum atomic E-state index is -0.309. The van der Waals surface area contributed by atoms with Crippen LogP contribution in [-0.2, 0) is 11.2 Å². The standard InChI is InChI=1S/C14H16N2O/c1-8-4-9(2)14-12(5-8)11(7-13(15)17)6-10(3)16-14/h4-6H,7H2,1-3H3,(H2,15,17). The molecule has 0 aliphatic rings. The van der Waals surface area contributed by atoms with E-state index in [1.165, 1.54) is 5.56 Å². The van der Waals surface area contributed by atoms with Crippen LogP contribution in [0.2, 0.25) is 0 Å². The molecule has 2 N–H and O–H groups in total. The summed E-state index contributed by atoms with van der Waals surface area (Å²) in [7, 11) is 0. The van der Waals surface area contributed by atoms with Crippen LogP contribution in [0.3, 0.4) is 0 Å². The third-order valence-corrected chi connectivity index (χ3v) is 2.83. The van der Waals surface area contributed by atoms with E-state index in [0.717, 1.165) is 27.7 Å². The quantitative estimate of drug-likeness (QED) is 0.856.